The van der Waals surface area contributed by atoms with Gasteiger partial charge in [-0.15, -0.1) is 0 Å². The molecule has 2 aromatic rings. The molecule has 0 N–H and O–H groups in total. The number of thioether (sulfide) groups is 1. The third-order valence-corrected chi connectivity index (χ3v) is 3.89. The summed E-state index contributed by atoms with van der Waals surface area (Å²) in [4.78, 5) is 0. The lowest BCUT2D eigenvalue weighted by atomic mass is 10.1. The molecule has 0 saturated heterocycles. The summed E-state index contributed by atoms with van der Waals surface area (Å²) in [7, 11) is 0. The minimum atomic E-state index is 1.09. The highest BCUT2D eigenvalue weighted by Crippen LogP contribution is 2.18. The summed E-state index contributed by atoms with van der Waals surface area (Å²) >= 11 is 1.97. The average Bonchev–Trinajstić information content (AvgIpc) is 2.41. The summed E-state index contributed by atoms with van der Waals surface area (Å²) in [6, 6.07) is 19.6. The van der Waals surface area contributed by atoms with Crippen molar-refractivity contribution in [1.29, 1.82) is 0 Å². The van der Waals surface area contributed by atoms with Crippen LogP contribution in [-0.2, 0) is 17.9 Å². The van der Waals surface area contributed by atoms with Gasteiger partial charge in [0, 0.05) is 11.5 Å². The van der Waals surface area contributed by atoms with E-state index < -0.39 is 0 Å². The van der Waals surface area contributed by atoms with Gasteiger partial charge in [-0.1, -0.05) is 61.5 Å². The maximum absolute atomic E-state index is 2.25. The maximum atomic E-state index is 2.25. The van der Waals surface area contributed by atoms with E-state index in [1.54, 1.807) is 0 Å². The third kappa shape index (κ3) is 3.94. The molecule has 0 unspecified atom stereocenters. The van der Waals surface area contributed by atoms with E-state index in [0.717, 1.165) is 17.9 Å². The van der Waals surface area contributed by atoms with E-state index in [0.29, 0.717) is 0 Å². The Kier molecular flexibility index (Phi) is 4.69. The molecular weight excluding hydrogens is 224 g/mol. The Morgan fingerprint density at radius 1 is 0.706 bits per heavy atom. The molecule has 17 heavy (non-hydrogen) atoms. The number of hydrogen-bond donors (Lipinski definition) is 0. The van der Waals surface area contributed by atoms with Gasteiger partial charge >= 0.3 is 0 Å². The lowest BCUT2D eigenvalue weighted by molar-refractivity contribution is 1.13. The highest BCUT2D eigenvalue weighted by atomic mass is 32.2. The first kappa shape index (κ1) is 12.3. The van der Waals surface area contributed by atoms with Crippen LogP contribution in [0.15, 0.2) is 54.6 Å². The molecule has 0 amide bonds. The van der Waals surface area contributed by atoms with Gasteiger partial charge in [-0.2, -0.15) is 11.8 Å². The van der Waals surface area contributed by atoms with Gasteiger partial charge in [0.05, 0.1) is 0 Å². The van der Waals surface area contributed by atoms with Gasteiger partial charge in [-0.3, -0.25) is 0 Å². The molecule has 2 rings (SSSR count). The van der Waals surface area contributed by atoms with E-state index in [4.69, 9.17) is 0 Å². The quantitative estimate of drug-likeness (QED) is 0.733. The van der Waals surface area contributed by atoms with Crippen LogP contribution in [-0.4, -0.2) is 0 Å². The smallest absolute Gasteiger partial charge is 0.0187 e. The lowest BCUT2D eigenvalue weighted by Crippen LogP contribution is -1.85. The van der Waals surface area contributed by atoms with Crippen LogP contribution in [0.5, 0.6) is 0 Å². The molecule has 0 saturated carbocycles. The maximum Gasteiger partial charge on any atom is 0.0187 e. The topological polar surface area (TPSA) is 0 Å². The molecule has 0 fully saturated rings. The Balaban J connectivity index is 1.82. The second-order valence-electron chi connectivity index (χ2n) is 4.15. The molecule has 0 aliphatic carbocycles. The standard InChI is InChI=1S/C16H18S/c1-2-14-8-10-16(11-9-14)13-17-12-15-6-4-3-5-7-15/h3-11H,2,12-13H2,1H3. The predicted molar refractivity (Wildman–Crippen MR) is 77.3 cm³/mol. The number of hydrogen-bond acceptors (Lipinski definition) is 1. The molecule has 1 heteroatoms. The van der Waals surface area contributed by atoms with Crippen molar-refractivity contribution < 1.29 is 0 Å². The second kappa shape index (κ2) is 6.51. The Bertz CT molecular complexity index is 431. The van der Waals surface area contributed by atoms with E-state index in [2.05, 4.69) is 61.5 Å². The van der Waals surface area contributed by atoms with Crippen molar-refractivity contribution in [3.8, 4) is 0 Å². The van der Waals surface area contributed by atoms with Gasteiger partial charge in [-0.25, -0.2) is 0 Å². The summed E-state index contributed by atoms with van der Waals surface area (Å²) in [5.41, 5.74) is 4.24. The van der Waals surface area contributed by atoms with Crippen molar-refractivity contribution in [2.24, 2.45) is 0 Å². The van der Waals surface area contributed by atoms with E-state index in [1.165, 1.54) is 16.7 Å². The molecule has 2 aromatic carbocycles. The number of benzene rings is 2. The largest absolute Gasteiger partial charge is 0.152 e. The molecule has 0 heterocycles. The van der Waals surface area contributed by atoms with E-state index in [-0.39, 0.29) is 0 Å². The fourth-order valence-corrected chi connectivity index (χ4v) is 2.69. The Labute approximate surface area is 108 Å². The summed E-state index contributed by atoms with van der Waals surface area (Å²) in [6.07, 6.45) is 1.12. The number of rotatable bonds is 5. The minimum Gasteiger partial charge on any atom is -0.152 e. The molecule has 0 radical (unpaired) electrons. The van der Waals surface area contributed by atoms with Gasteiger partial charge in [0.1, 0.15) is 0 Å². The molecule has 0 aliphatic heterocycles. The zero-order valence-corrected chi connectivity index (χ0v) is 11.0. The van der Waals surface area contributed by atoms with Gasteiger partial charge in [0.15, 0.2) is 0 Å². The van der Waals surface area contributed by atoms with E-state index in [1.807, 2.05) is 11.8 Å². The van der Waals surface area contributed by atoms with Crippen LogP contribution in [0.3, 0.4) is 0 Å². The molecule has 0 bridgehead atoms. The normalized spacial score (nSPS) is 10.4. The molecular formula is C16H18S. The van der Waals surface area contributed by atoms with E-state index in [9.17, 15) is 0 Å². The van der Waals surface area contributed by atoms with Crippen molar-refractivity contribution >= 4 is 11.8 Å². The van der Waals surface area contributed by atoms with Gasteiger partial charge in [0.25, 0.3) is 0 Å². The third-order valence-electron chi connectivity index (χ3n) is 2.81. The Morgan fingerprint density at radius 3 is 1.82 bits per heavy atom. The predicted octanol–water partition coefficient (Wildman–Crippen LogP) is 4.68. The molecule has 0 aromatic heterocycles. The molecule has 0 aliphatic rings. The number of aryl methyl sites for hydroxylation is 1. The first-order valence-electron chi connectivity index (χ1n) is 6.08. The van der Waals surface area contributed by atoms with Crippen molar-refractivity contribution in [3.63, 3.8) is 0 Å². The summed E-state index contributed by atoms with van der Waals surface area (Å²) < 4.78 is 0. The van der Waals surface area contributed by atoms with Gasteiger partial charge in [-0.05, 0) is 23.1 Å². The van der Waals surface area contributed by atoms with Crippen molar-refractivity contribution in [2.75, 3.05) is 0 Å². The second-order valence-corrected chi connectivity index (χ2v) is 5.13. The van der Waals surface area contributed by atoms with Gasteiger partial charge in [0.2, 0.25) is 0 Å². The van der Waals surface area contributed by atoms with Crippen LogP contribution in [0, 0.1) is 0 Å². The van der Waals surface area contributed by atoms with Crippen LogP contribution >= 0.6 is 11.8 Å². The molecule has 88 valence electrons. The van der Waals surface area contributed by atoms with E-state index >= 15 is 0 Å². The van der Waals surface area contributed by atoms with Crippen LogP contribution in [0.1, 0.15) is 23.6 Å². The Hall–Kier alpha value is -1.21. The molecule has 0 nitrogen and oxygen atoms in total. The van der Waals surface area contributed by atoms with Crippen LogP contribution in [0.4, 0.5) is 0 Å². The highest BCUT2D eigenvalue weighted by molar-refractivity contribution is 7.97. The average molecular weight is 242 g/mol. The van der Waals surface area contributed by atoms with Crippen LogP contribution < -0.4 is 0 Å². The lowest BCUT2D eigenvalue weighted by Gasteiger charge is -2.03. The SMILES string of the molecule is CCc1ccc(CSCc2ccccc2)cc1. The molecule has 0 spiro atoms. The van der Waals surface area contributed by atoms with Crippen molar-refractivity contribution in [1.82, 2.24) is 0 Å². The minimum absolute atomic E-state index is 1.09. The Morgan fingerprint density at radius 2 is 1.24 bits per heavy atom. The molecule has 0 atom stereocenters. The summed E-state index contributed by atoms with van der Waals surface area (Å²) in [5, 5.41) is 0. The van der Waals surface area contributed by atoms with Crippen molar-refractivity contribution in [2.45, 2.75) is 24.9 Å². The van der Waals surface area contributed by atoms with Crippen LogP contribution in [0.25, 0.3) is 0 Å². The zero-order valence-electron chi connectivity index (χ0n) is 10.2. The fourth-order valence-electron chi connectivity index (χ4n) is 1.73. The highest BCUT2D eigenvalue weighted by Gasteiger charge is 1.95. The summed E-state index contributed by atoms with van der Waals surface area (Å²) in [5.74, 6) is 2.19. The monoisotopic (exact) mass is 242 g/mol. The summed E-state index contributed by atoms with van der Waals surface area (Å²) in [6.45, 7) is 2.19. The fraction of sp³-hybridized carbons (Fsp3) is 0.250. The zero-order chi connectivity index (χ0) is 11.9. The van der Waals surface area contributed by atoms with Crippen molar-refractivity contribution in [3.05, 3.63) is 71.3 Å². The van der Waals surface area contributed by atoms with Gasteiger partial charge < -0.3 is 0 Å². The first-order valence-corrected chi connectivity index (χ1v) is 7.23. The van der Waals surface area contributed by atoms with Crippen LogP contribution in [0.2, 0.25) is 0 Å². The first-order chi connectivity index (χ1) is 8.38.